The van der Waals surface area contributed by atoms with Crippen LogP contribution in [0.2, 0.25) is 0 Å². The van der Waals surface area contributed by atoms with Gasteiger partial charge in [0.1, 0.15) is 0 Å². The Morgan fingerprint density at radius 3 is 2.91 bits per heavy atom. The van der Waals surface area contributed by atoms with Gasteiger partial charge in [0.15, 0.2) is 5.16 Å². The predicted octanol–water partition coefficient (Wildman–Crippen LogP) is 2.86. The Bertz CT molecular complexity index is 557. The molecule has 0 amide bonds. The van der Waals surface area contributed by atoms with Gasteiger partial charge in [-0.1, -0.05) is 37.9 Å². The molecule has 1 aromatic rings. The Kier molecular flexibility index (Phi) is 6.96. The molecule has 0 bridgehead atoms. The molecule has 1 heterocycles. The number of nitrogens with one attached hydrogen (secondary N) is 1. The second-order valence-electron chi connectivity index (χ2n) is 5.57. The molecule has 2 rings (SSSR count). The minimum atomic E-state index is -0.248. The molecule has 122 valence electrons. The van der Waals surface area contributed by atoms with E-state index in [0.717, 1.165) is 49.8 Å². The molecule has 0 aromatic carbocycles. The predicted molar refractivity (Wildman–Crippen MR) is 87.3 cm³/mol. The summed E-state index contributed by atoms with van der Waals surface area (Å²) in [6, 6.07) is 0. The summed E-state index contributed by atoms with van der Waals surface area (Å²) < 4.78 is 5.17. The van der Waals surface area contributed by atoms with Crippen LogP contribution in [-0.2, 0) is 22.4 Å². The van der Waals surface area contributed by atoms with Gasteiger partial charge in [-0.3, -0.25) is 9.59 Å². The average Bonchev–Trinajstić information content (AvgIpc) is 2.53. The van der Waals surface area contributed by atoms with Gasteiger partial charge >= 0.3 is 5.97 Å². The van der Waals surface area contributed by atoms with E-state index in [0.29, 0.717) is 11.8 Å². The fraction of sp³-hybridized carbons (Fsp3) is 0.688. The van der Waals surface area contributed by atoms with Crippen molar-refractivity contribution >= 4 is 17.7 Å². The molecule has 0 saturated heterocycles. The fourth-order valence-electron chi connectivity index (χ4n) is 2.53. The number of carbonyl (C=O) groups is 1. The Balaban J connectivity index is 1.78. The first-order valence-electron chi connectivity index (χ1n) is 8.11. The van der Waals surface area contributed by atoms with Gasteiger partial charge in [-0.2, -0.15) is 0 Å². The molecular weight excluding hydrogens is 300 g/mol. The lowest BCUT2D eigenvalue weighted by Crippen LogP contribution is -2.21. The van der Waals surface area contributed by atoms with Gasteiger partial charge in [0.25, 0.3) is 5.56 Å². The molecule has 1 N–H and O–H groups in total. The number of unbranched alkanes of at least 4 members (excludes halogenated alkanes) is 3. The van der Waals surface area contributed by atoms with Crippen molar-refractivity contribution in [3.63, 3.8) is 0 Å². The summed E-state index contributed by atoms with van der Waals surface area (Å²) in [4.78, 5) is 30.9. The molecule has 0 spiro atoms. The Morgan fingerprint density at radius 1 is 1.27 bits per heavy atom. The Hall–Kier alpha value is -1.30. The van der Waals surface area contributed by atoms with Crippen molar-refractivity contribution in [2.75, 3.05) is 12.4 Å². The van der Waals surface area contributed by atoms with E-state index in [4.69, 9.17) is 4.74 Å². The van der Waals surface area contributed by atoms with Crippen LogP contribution in [0.4, 0.5) is 0 Å². The number of rotatable bonds is 8. The number of thioether (sulfide) groups is 1. The molecule has 1 aliphatic carbocycles. The molecule has 1 aromatic heterocycles. The smallest absolute Gasteiger partial charge is 0.316 e. The number of aromatic amines is 1. The topological polar surface area (TPSA) is 72.0 Å². The van der Waals surface area contributed by atoms with Crippen LogP contribution in [0.3, 0.4) is 0 Å². The summed E-state index contributed by atoms with van der Waals surface area (Å²) in [6.07, 6.45) is 8.14. The Morgan fingerprint density at radius 2 is 2.09 bits per heavy atom. The first-order valence-corrected chi connectivity index (χ1v) is 9.09. The number of aryl methyl sites for hydroxylation is 1. The van der Waals surface area contributed by atoms with E-state index in [1.54, 1.807) is 0 Å². The summed E-state index contributed by atoms with van der Waals surface area (Å²) in [6.45, 7) is 2.63. The van der Waals surface area contributed by atoms with Crippen molar-refractivity contribution in [1.82, 2.24) is 9.97 Å². The van der Waals surface area contributed by atoms with Crippen LogP contribution in [0, 0.1) is 0 Å². The maximum atomic E-state index is 12.0. The highest BCUT2D eigenvalue weighted by Crippen LogP contribution is 2.19. The maximum Gasteiger partial charge on any atom is 0.316 e. The van der Waals surface area contributed by atoms with Crippen molar-refractivity contribution in [2.24, 2.45) is 0 Å². The maximum absolute atomic E-state index is 12.0. The van der Waals surface area contributed by atoms with E-state index in [1.165, 1.54) is 24.6 Å². The van der Waals surface area contributed by atoms with Crippen molar-refractivity contribution in [1.29, 1.82) is 0 Å². The summed E-state index contributed by atoms with van der Waals surface area (Å²) >= 11 is 1.24. The molecule has 6 heteroatoms. The minimum absolute atomic E-state index is 0.0554. The van der Waals surface area contributed by atoms with E-state index in [2.05, 4.69) is 16.9 Å². The van der Waals surface area contributed by atoms with Gasteiger partial charge in [-0.15, -0.1) is 0 Å². The molecular formula is C16H24N2O3S. The normalized spacial score (nSPS) is 13.7. The summed E-state index contributed by atoms with van der Waals surface area (Å²) in [5.41, 5.74) is 1.65. The highest BCUT2D eigenvalue weighted by atomic mass is 32.2. The van der Waals surface area contributed by atoms with E-state index < -0.39 is 0 Å². The molecule has 0 fully saturated rings. The number of hydrogen-bond acceptors (Lipinski definition) is 5. The monoisotopic (exact) mass is 324 g/mol. The first-order chi connectivity index (χ1) is 10.7. The molecule has 0 aliphatic heterocycles. The number of ether oxygens (including phenoxy) is 1. The van der Waals surface area contributed by atoms with Crippen molar-refractivity contribution in [3.8, 4) is 0 Å². The lowest BCUT2D eigenvalue weighted by molar-refractivity contribution is -0.140. The van der Waals surface area contributed by atoms with Crippen LogP contribution in [0.5, 0.6) is 0 Å². The van der Waals surface area contributed by atoms with Gasteiger partial charge in [-0.25, -0.2) is 4.98 Å². The summed E-state index contributed by atoms with van der Waals surface area (Å²) in [5.74, 6) is -0.0583. The van der Waals surface area contributed by atoms with Gasteiger partial charge in [-0.05, 0) is 32.1 Å². The van der Waals surface area contributed by atoms with Crippen LogP contribution in [0.1, 0.15) is 56.7 Å². The van der Waals surface area contributed by atoms with Crippen LogP contribution in [-0.4, -0.2) is 28.3 Å². The third kappa shape index (κ3) is 5.16. The molecule has 5 nitrogen and oxygen atoms in total. The van der Waals surface area contributed by atoms with Crippen LogP contribution in [0.25, 0.3) is 0 Å². The van der Waals surface area contributed by atoms with E-state index in [9.17, 15) is 9.59 Å². The van der Waals surface area contributed by atoms with Crippen LogP contribution >= 0.6 is 11.8 Å². The number of hydrogen-bond donors (Lipinski definition) is 1. The number of nitrogens with zero attached hydrogens (tertiary/aromatic N) is 1. The highest BCUT2D eigenvalue weighted by molar-refractivity contribution is 7.99. The second-order valence-corrected chi connectivity index (χ2v) is 6.54. The highest BCUT2D eigenvalue weighted by Gasteiger charge is 2.16. The standard InChI is InChI=1S/C16H24N2O3S/c1-2-3-4-7-10-21-14(19)11-22-16-17-13-9-6-5-8-12(13)15(20)18-16/h2-11H2,1H3,(H,17,18,20). The zero-order valence-electron chi connectivity index (χ0n) is 13.2. The number of fused-ring (bicyclic) bond motifs is 1. The second kappa shape index (κ2) is 8.98. The molecule has 0 unspecified atom stereocenters. The van der Waals surface area contributed by atoms with Crippen LogP contribution < -0.4 is 5.56 Å². The summed E-state index contributed by atoms with van der Waals surface area (Å²) in [5, 5.41) is 0.522. The zero-order chi connectivity index (χ0) is 15.8. The molecule has 0 radical (unpaired) electrons. The van der Waals surface area contributed by atoms with E-state index >= 15 is 0 Å². The average molecular weight is 324 g/mol. The third-order valence-electron chi connectivity index (χ3n) is 3.76. The Labute approximate surface area is 135 Å². The van der Waals surface area contributed by atoms with E-state index in [1.807, 2.05) is 0 Å². The number of aromatic nitrogens is 2. The quantitative estimate of drug-likeness (QED) is 0.344. The molecule has 0 atom stereocenters. The lowest BCUT2D eigenvalue weighted by Gasteiger charge is -2.14. The van der Waals surface area contributed by atoms with Crippen molar-refractivity contribution in [2.45, 2.75) is 63.4 Å². The van der Waals surface area contributed by atoms with Gasteiger partial charge < -0.3 is 9.72 Å². The number of carbonyl (C=O) groups excluding carboxylic acids is 1. The van der Waals surface area contributed by atoms with Gasteiger partial charge in [0, 0.05) is 5.56 Å². The molecule has 22 heavy (non-hydrogen) atoms. The number of H-pyrrole nitrogens is 1. The lowest BCUT2D eigenvalue weighted by atomic mass is 9.97. The largest absolute Gasteiger partial charge is 0.465 e. The minimum Gasteiger partial charge on any atom is -0.465 e. The third-order valence-corrected chi connectivity index (χ3v) is 4.60. The van der Waals surface area contributed by atoms with Crippen LogP contribution in [0.15, 0.2) is 9.95 Å². The van der Waals surface area contributed by atoms with Gasteiger partial charge in [0.05, 0.1) is 18.1 Å². The molecule has 1 aliphatic rings. The van der Waals surface area contributed by atoms with Crippen molar-refractivity contribution in [3.05, 3.63) is 21.6 Å². The van der Waals surface area contributed by atoms with Gasteiger partial charge in [0.2, 0.25) is 0 Å². The SMILES string of the molecule is CCCCCCOC(=O)CSc1nc2c(c(=O)[nH]1)CCCC2. The zero-order valence-corrected chi connectivity index (χ0v) is 14.0. The number of esters is 1. The first kappa shape index (κ1) is 17.1. The summed E-state index contributed by atoms with van der Waals surface area (Å²) in [7, 11) is 0. The van der Waals surface area contributed by atoms with E-state index in [-0.39, 0.29) is 17.3 Å². The van der Waals surface area contributed by atoms with Crippen molar-refractivity contribution < 1.29 is 9.53 Å². The fourth-order valence-corrected chi connectivity index (χ4v) is 3.21. The molecule has 0 saturated carbocycles.